The smallest absolute Gasteiger partial charge is 0.127 e. The van der Waals surface area contributed by atoms with Gasteiger partial charge in [0.2, 0.25) is 0 Å². The molecule has 1 atom stereocenters. The van der Waals surface area contributed by atoms with Crippen LogP contribution in [0.4, 0.5) is 4.39 Å². The number of halogens is 1. The summed E-state index contributed by atoms with van der Waals surface area (Å²) in [5, 5.41) is 3.38. The highest BCUT2D eigenvalue weighted by Gasteiger charge is 2.22. The number of benzene rings is 1. The molecule has 1 N–H and O–H groups in total. The minimum Gasteiger partial charge on any atom is -0.313 e. The zero-order valence-corrected chi connectivity index (χ0v) is 13.5. The van der Waals surface area contributed by atoms with Crippen molar-refractivity contribution in [3.8, 4) is 0 Å². The summed E-state index contributed by atoms with van der Waals surface area (Å²) in [7, 11) is 0. The van der Waals surface area contributed by atoms with Crippen LogP contribution in [0.25, 0.3) is 0 Å². The summed E-state index contributed by atoms with van der Waals surface area (Å²) < 4.78 is 14.0. The van der Waals surface area contributed by atoms with Crippen LogP contribution in [0.15, 0.2) is 18.2 Å². The third kappa shape index (κ3) is 5.08. The van der Waals surface area contributed by atoms with E-state index in [9.17, 15) is 4.39 Å². The van der Waals surface area contributed by atoms with Gasteiger partial charge in [0, 0.05) is 25.2 Å². The molecule has 0 spiro atoms. The van der Waals surface area contributed by atoms with Crippen molar-refractivity contribution < 1.29 is 4.39 Å². The van der Waals surface area contributed by atoms with E-state index in [1.807, 2.05) is 12.1 Å². The largest absolute Gasteiger partial charge is 0.313 e. The summed E-state index contributed by atoms with van der Waals surface area (Å²) in [5.74, 6) is 0.751. The molecule has 0 radical (unpaired) electrons. The minimum atomic E-state index is -0.0619. The highest BCUT2D eigenvalue weighted by Crippen LogP contribution is 2.23. The van der Waals surface area contributed by atoms with E-state index < -0.39 is 0 Å². The van der Waals surface area contributed by atoms with Gasteiger partial charge in [-0.2, -0.15) is 0 Å². The number of hydrogen-bond acceptors (Lipinski definition) is 2. The quantitative estimate of drug-likeness (QED) is 0.730. The molecular weight excluding hydrogens is 263 g/mol. The van der Waals surface area contributed by atoms with E-state index in [0.717, 1.165) is 50.6 Å². The van der Waals surface area contributed by atoms with Gasteiger partial charge in [0.05, 0.1) is 0 Å². The first-order valence-corrected chi connectivity index (χ1v) is 8.43. The summed E-state index contributed by atoms with van der Waals surface area (Å²) in [5.41, 5.74) is 2.03. The van der Waals surface area contributed by atoms with Gasteiger partial charge in [-0.1, -0.05) is 32.4 Å². The lowest BCUT2D eigenvalue weighted by molar-refractivity contribution is 0.308. The van der Waals surface area contributed by atoms with Crippen LogP contribution in [0.5, 0.6) is 0 Å². The Kier molecular flexibility index (Phi) is 6.65. The zero-order valence-electron chi connectivity index (χ0n) is 13.5. The van der Waals surface area contributed by atoms with E-state index in [1.165, 1.54) is 24.8 Å². The average molecular weight is 292 g/mol. The number of nitrogens with zero attached hydrogens (tertiary/aromatic N) is 1. The Morgan fingerprint density at radius 1 is 1.29 bits per heavy atom. The van der Waals surface area contributed by atoms with Crippen LogP contribution in [-0.2, 0) is 13.1 Å². The molecule has 1 aliphatic rings. The van der Waals surface area contributed by atoms with Crippen molar-refractivity contribution in [2.75, 3.05) is 19.6 Å². The van der Waals surface area contributed by atoms with E-state index in [2.05, 4.69) is 24.1 Å². The van der Waals surface area contributed by atoms with E-state index in [0.29, 0.717) is 0 Å². The SMILES string of the molecule is CCCNCc1ccc(F)c(CN2CCC(CCC)C2)c1. The second-order valence-corrected chi connectivity index (χ2v) is 6.28. The monoisotopic (exact) mass is 292 g/mol. The maximum atomic E-state index is 14.0. The Labute approximate surface area is 128 Å². The fourth-order valence-corrected chi connectivity index (χ4v) is 3.21. The topological polar surface area (TPSA) is 15.3 Å². The molecule has 0 saturated carbocycles. The van der Waals surface area contributed by atoms with Crippen LogP contribution in [-0.4, -0.2) is 24.5 Å². The molecule has 21 heavy (non-hydrogen) atoms. The van der Waals surface area contributed by atoms with Crippen LogP contribution in [0.3, 0.4) is 0 Å². The van der Waals surface area contributed by atoms with Crippen LogP contribution in [0.2, 0.25) is 0 Å². The number of nitrogens with one attached hydrogen (secondary N) is 1. The van der Waals surface area contributed by atoms with Gasteiger partial charge in [0.25, 0.3) is 0 Å². The molecule has 1 unspecified atom stereocenters. The number of hydrogen-bond donors (Lipinski definition) is 1. The van der Waals surface area contributed by atoms with Gasteiger partial charge < -0.3 is 5.32 Å². The Balaban J connectivity index is 1.91. The molecule has 0 amide bonds. The molecule has 1 aliphatic heterocycles. The summed E-state index contributed by atoms with van der Waals surface area (Å²) in [6, 6.07) is 5.55. The van der Waals surface area contributed by atoms with E-state index in [1.54, 1.807) is 6.07 Å². The van der Waals surface area contributed by atoms with E-state index in [4.69, 9.17) is 0 Å². The van der Waals surface area contributed by atoms with Gasteiger partial charge in [0.15, 0.2) is 0 Å². The summed E-state index contributed by atoms with van der Waals surface area (Å²) >= 11 is 0. The molecule has 1 aromatic carbocycles. The fourth-order valence-electron chi connectivity index (χ4n) is 3.21. The first-order chi connectivity index (χ1) is 10.2. The van der Waals surface area contributed by atoms with Gasteiger partial charge >= 0.3 is 0 Å². The van der Waals surface area contributed by atoms with Gasteiger partial charge in [0.1, 0.15) is 5.82 Å². The average Bonchev–Trinajstić information content (AvgIpc) is 2.90. The molecule has 0 aromatic heterocycles. The van der Waals surface area contributed by atoms with E-state index >= 15 is 0 Å². The maximum Gasteiger partial charge on any atom is 0.127 e. The van der Waals surface area contributed by atoms with Gasteiger partial charge in [-0.15, -0.1) is 0 Å². The first kappa shape index (κ1) is 16.4. The third-order valence-electron chi connectivity index (χ3n) is 4.33. The minimum absolute atomic E-state index is 0.0619. The van der Waals surface area contributed by atoms with Crippen molar-refractivity contribution in [1.82, 2.24) is 10.2 Å². The van der Waals surface area contributed by atoms with Gasteiger partial charge in [-0.3, -0.25) is 4.90 Å². The molecule has 2 rings (SSSR count). The molecular formula is C18H29FN2. The lowest BCUT2D eigenvalue weighted by atomic mass is 10.0. The Bertz CT molecular complexity index is 433. The van der Waals surface area contributed by atoms with Crippen molar-refractivity contribution >= 4 is 0 Å². The molecule has 1 fully saturated rings. The second kappa shape index (κ2) is 8.50. The molecule has 3 heteroatoms. The van der Waals surface area contributed by atoms with Crippen LogP contribution >= 0.6 is 0 Å². The fraction of sp³-hybridized carbons (Fsp3) is 0.667. The lowest BCUT2D eigenvalue weighted by Gasteiger charge is -2.17. The molecule has 1 saturated heterocycles. The molecule has 1 aromatic rings. The Hall–Kier alpha value is -0.930. The lowest BCUT2D eigenvalue weighted by Crippen LogP contribution is -2.21. The predicted octanol–water partition coefficient (Wildman–Crippen LogP) is 3.95. The van der Waals surface area contributed by atoms with Crippen molar-refractivity contribution in [3.05, 3.63) is 35.1 Å². The van der Waals surface area contributed by atoms with Crippen molar-refractivity contribution in [2.24, 2.45) is 5.92 Å². The predicted molar refractivity (Wildman–Crippen MR) is 86.7 cm³/mol. The first-order valence-electron chi connectivity index (χ1n) is 8.43. The van der Waals surface area contributed by atoms with Crippen molar-refractivity contribution in [3.63, 3.8) is 0 Å². The maximum absolute atomic E-state index is 14.0. The number of rotatable bonds is 8. The Morgan fingerprint density at radius 2 is 2.14 bits per heavy atom. The molecule has 2 nitrogen and oxygen atoms in total. The van der Waals surface area contributed by atoms with Crippen LogP contribution < -0.4 is 5.32 Å². The van der Waals surface area contributed by atoms with Crippen LogP contribution in [0.1, 0.15) is 50.7 Å². The molecule has 118 valence electrons. The molecule has 0 bridgehead atoms. The number of likely N-dealkylation sites (tertiary alicyclic amines) is 1. The highest BCUT2D eigenvalue weighted by atomic mass is 19.1. The van der Waals surface area contributed by atoms with Crippen molar-refractivity contribution in [2.45, 2.75) is 52.6 Å². The Morgan fingerprint density at radius 3 is 2.90 bits per heavy atom. The third-order valence-corrected chi connectivity index (χ3v) is 4.33. The van der Waals surface area contributed by atoms with Gasteiger partial charge in [-0.25, -0.2) is 4.39 Å². The van der Waals surface area contributed by atoms with E-state index in [-0.39, 0.29) is 5.82 Å². The van der Waals surface area contributed by atoms with Crippen LogP contribution in [0, 0.1) is 11.7 Å². The molecule has 1 heterocycles. The second-order valence-electron chi connectivity index (χ2n) is 6.28. The summed E-state index contributed by atoms with van der Waals surface area (Å²) in [6.45, 7) is 9.25. The van der Waals surface area contributed by atoms with Crippen molar-refractivity contribution in [1.29, 1.82) is 0 Å². The highest BCUT2D eigenvalue weighted by molar-refractivity contribution is 5.25. The standard InChI is InChI=1S/C18H29FN2/c1-3-5-15-8-10-21(13-15)14-17-11-16(6-7-18(17)19)12-20-9-4-2/h6-7,11,15,20H,3-5,8-10,12-14H2,1-2H3. The zero-order chi connectivity index (χ0) is 15.1. The summed E-state index contributed by atoms with van der Waals surface area (Å²) in [4.78, 5) is 2.40. The molecule has 0 aliphatic carbocycles. The normalized spacial score (nSPS) is 19.3. The summed E-state index contributed by atoms with van der Waals surface area (Å²) in [6.07, 6.45) is 4.96. The van der Waals surface area contributed by atoms with Gasteiger partial charge in [-0.05, 0) is 49.9 Å².